The first-order valence-electron chi connectivity index (χ1n) is 7.86. The molecule has 27 heavy (non-hydrogen) atoms. The van der Waals surface area contributed by atoms with Crippen LogP contribution in [-0.4, -0.2) is 31.5 Å². The van der Waals surface area contributed by atoms with Gasteiger partial charge in [-0.2, -0.15) is 9.82 Å². The molecule has 0 aliphatic carbocycles. The Hall–Kier alpha value is -3.11. The predicted molar refractivity (Wildman–Crippen MR) is 99.8 cm³/mol. The highest BCUT2D eigenvalue weighted by atomic mass is 32.2. The number of hydrogen-bond donors (Lipinski definition) is 2. The zero-order valence-electron chi connectivity index (χ0n) is 14.6. The number of hydrogen-bond acceptors (Lipinski definition) is 6. The Labute approximate surface area is 156 Å². The zero-order chi connectivity index (χ0) is 20.0. The van der Waals surface area contributed by atoms with E-state index >= 15 is 0 Å². The van der Waals surface area contributed by atoms with Crippen molar-refractivity contribution >= 4 is 27.8 Å². The molecule has 2 aromatic carbocycles. The molecule has 1 atom stereocenters. The molecule has 0 spiro atoms. The fourth-order valence-electron chi connectivity index (χ4n) is 2.10. The summed E-state index contributed by atoms with van der Waals surface area (Å²) >= 11 is 0. The summed E-state index contributed by atoms with van der Waals surface area (Å²) < 4.78 is 26.8. The van der Waals surface area contributed by atoms with Crippen LogP contribution in [0.1, 0.15) is 18.1 Å². The third-order valence-electron chi connectivity index (χ3n) is 3.57. The summed E-state index contributed by atoms with van der Waals surface area (Å²) in [5.74, 6) is -0.708. The summed E-state index contributed by atoms with van der Waals surface area (Å²) in [5, 5.41) is 14.6. The molecular weight excluding hydrogens is 372 g/mol. The largest absolute Gasteiger partial charge is 0.278 e. The van der Waals surface area contributed by atoms with Crippen molar-refractivity contribution in [1.82, 2.24) is 10.1 Å². The van der Waals surface area contributed by atoms with Gasteiger partial charge in [0.05, 0.1) is 27.6 Å². The van der Waals surface area contributed by atoms with Gasteiger partial charge in [0.2, 0.25) is 10.0 Å². The van der Waals surface area contributed by atoms with Crippen molar-refractivity contribution in [3.8, 4) is 0 Å². The van der Waals surface area contributed by atoms with Gasteiger partial charge in [-0.1, -0.05) is 29.8 Å². The maximum atomic E-state index is 12.3. The minimum absolute atomic E-state index is 0.0381. The minimum Gasteiger partial charge on any atom is -0.271 e. The molecule has 1 amide bonds. The van der Waals surface area contributed by atoms with Crippen LogP contribution in [0.2, 0.25) is 0 Å². The molecule has 2 aromatic rings. The van der Waals surface area contributed by atoms with Gasteiger partial charge in [0.25, 0.3) is 11.6 Å². The molecule has 9 nitrogen and oxygen atoms in total. The van der Waals surface area contributed by atoms with Crippen LogP contribution < -0.4 is 10.1 Å². The highest BCUT2D eigenvalue weighted by Crippen LogP contribution is 2.15. The number of aryl methyl sites for hydroxylation is 1. The Bertz CT molecular complexity index is 971. The maximum Gasteiger partial charge on any atom is 0.278 e. The van der Waals surface area contributed by atoms with E-state index < -0.39 is 26.9 Å². The van der Waals surface area contributed by atoms with Crippen molar-refractivity contribution in [2.75, 3.05) is 0 Å². The van der Waals surface area contributed by atoms with Crippen molar-refractivity contribution in [1.29, 1.82) is 0 Å². The summed E-state index contributed by atoms with van der Waals surface area (Å²) in [7, 11) is -3.87. The number of benzene rings is 2. The average Bonchev–Trinajstić information content (AvgIpc) is 2.61. The van der Waals surface area contributed by atoms with E-state index in [9.17, 15) is 23.3 Å². The number of rotatable bonds is 7. The van der Waals surface area contributed by atoms with Crippen LogP contribution in [0.3, 0.4) is 0 Å². The van der Waals surface area contributed by atoms with Crippen LogP contribution in [0.25, 0.3) is 0 Å². The van der Waals surface area contributed by atoms with Gasteiger partial charge in [-0.05, 0) is 32.0 Å². The lowest BCUT2D eigenvalue weighted by Crippen LogP contribution is -2.43. The van der Waals surface area contributed by atoms with Crippen LogP contribution in [0, 0.1) is 17.0 Å². The number of amides is 1. The van der Waals surface area contributed by atoms with E-state index in [2.05, 4.69) is 15.2 Å². The molecule has 0 fully saturated rings. The standard InChI is InChI=1S/C17H18N4O5S/c1-12-7-9-15(10-8-12)27(25,26)20-13(2)17(22)19-18-11-14-5-3-4-6-16(14)21(23)24/h3-11,13,20H,1-2H3,(H,19,22)/b18-11-/t13-/m1/s1. The molecule has 142 valence electrons. The molecule has 2 rings (SSSR count). The second-order valence-electron chi connectivity index (χ2n) is 5.71. The van der Waals surface area contributed by atoms with E-state index in [4.69, 9.17) is 0 Å². The Morgan fingerprint density at radius 1 is 1.19 bits per heavy atom. The molecule has 0 heterocycles. The van der Waals surface area contributed by atoms with Crippen LogP contribution in [0.15, 0.2) is 58.5 Å². The predicted octanol–water partition coefficient (Wildman–Crippen LogP) is 1.72. The summed E-state index contributed by atoms with van der Waals surface area (Å²) in [5.41, 5.74) is 3.11. The molecule has 2 N–H and O–H groups in total. The second kappa shape index (κ2) is 8.52. The third-order valence-corrected chi connectivity index (χ3v) is 5.12. The fourth-order valence-corrected chi connectivity index (χ4v) is 3.30. The number of nitro groups is 1. The molecule has 0 saturated carbocycles. The first kappa shape index (κ1) is 20.2. The van der Waals surface area contributed by atoms with E-state index in [0.717, 1.165) is 11.8 Å². The smallest absolute Gasteiger partial charge is 0.271 e. The fraction of sp³-hybridized carbons (Fsp3) is 0.176. The zero-order valence-corrected chi connectivity index (χ0v) is 15.4. The molecular formula is C17H18N4O5S. The van der Waals surface area contributed by atoms with Crippen LogP contribution in [0.4, 0.5) is 5.69 Å². The van der Waals surface area contributed by atoms with Gasteiger partial charge in [-0.15, -0.1) is 0 Å². The number of sulfonamides is 1. The first-order chi connectivity index (χ1) is 12.7. The molecule has 0 aromatic heterocycles. The number of carbonyl (C=O) groups is 1. The number of nitrogens with zero attached hydrogens (tertiary/aromatic N) is 2. The normalized spacial score (nSPS) is 12.7. The number of nitro benzene ring substituents is 1. The second-order valence-corrected chi connectivity index (χ2v) is 7.42. The lowest BCUT2D eigenvalue weighted by molar-refractivity contribution is -0.385. The van der Waals surface area contributed by atoms with Crippen LogP contribution in [0.5, 0.6) is 0 Å². The molecule has 0 aliphatic heterocycles. The Morgan fingerprint density at radius 2 is 1.81 bits per heavy atom. The van der Waals surface area contributed by atoms with Gasteiger partial charge in [0.15, 0.2) is 0 Å². The first-order valence-corrected chi connectivity index (χ1v) is 9.34. The maximum absolute atomic E-state index is 12.3. The highest BCUT2D eigenvalue weighted by molar-refractivity contribution is 7.89. The van der Waals surface area contributed by atoms with Crippen molar-refractivity contribution in [2.45, 2.75) is 24.8 Å². The lowest BCUT2D eigenvalue weighted by atomic mass is 10.2. The van der Waals surface area contributed by atoms with E-state index in [1.807, 2.05) is 6.92 Å². The summed E-state index contributed by atoms with van der Waals surface area (Å²) in [6.45, 7) is 3.19. The molecule has 0 radical (unpaired) electrons. The Balaban J connectivity index is 2.02. The third kappa shape index (κ3) is 5.43. The van der Waals surface area contributed by atoms with Gasteiger partial charge >= 0.3 is 0 Å². The number of hydrazone groups is 1. The molecule has 0 unspecified atom stereocenters. The van der Waals surface area contributed by atoms with Crippen molar-refractivity contribution in [2.24, 2.45) is 5.10 Å². The van der Waals surface area contributed by atoms with Gasteiger partial charge in [-0.3, -0.25) is 14.9 Å². The quantitative estimate of drug-likeness (QED) is 0.422. The van der Waals surface area contributed by atoms with Gasteiger partial charge < -0.3 is 0 Å². The minimum atomic E-state index is -3.87. The van der Waals surface area contributed by atoms with Gasteiger partial charge in [-0.25, -0.2) is 13.8 Å². The summed E-state index contributed by atoms with van der Waals surface area (Å²) in [6, 6.07) is 11.0. The van der Waals surface area contributed by atoms with E-state index in [0.29, 0.717) is 0 Å². The molecule has 10 heteroatoms. The van der Waals surface area contributed by atoms with Crippen molar-refractivity contribution < 1.29 is 18.1 Å². The number of nitrogens with one attached hydrogen (secondary N) is 2. The Kier molecular flexibility index (Phi) is 6.37. The van der Waals surface area contributed by atoms with E-state index in [1.165, 1.54) is 37.3 Å². The van der Waals surface area contributed by atoms with Crippen LogP contribution in [-0.2, 0) is 14.8 Å². The SMILES string of the molecule is Cc1ccc(S(=O)(=O)N[C@H](C)C(=O)N/N=C\c2ccccc2[N+](=O)[O-])cc1. The number of carbonyl (C=O) groups excluding carboxylic acids is 1. The molecule has 0 aliphatic rings. The van der Waals surface area contributed by atoms with E-state index in [1.54, 1.807) is 18.2 Å². The van der Waals surface area contributed by atoms with Gasteiger partial charge in [0, 0.05) is 6.07 Å². The molecule has 0 bridgehead atoms. The van der Waals surface area contributed by atoms with Crippen molar-refractivity contribution in [3.05, 3.63) is 69.8 Å². The summed E-state index contributed by atoms with van der Waals surface area (Å²) in [4.78, 5) is 22.4. The van der Waals surface area contributed by atoms with Crippen LogP contribution >= 0.6 is 0 Å². The van der Waals surface area contributed by atoms with Crippen molar-refractivity contribution in [3.63, 3.8) is 0 Å². The monoisotopic (exact) mass is 390 g/mol. The Morgan fingerprint density at radius 3 is 2.44 bits per heavy atom. The number of para-hydroxylation sites is 1. The highest BCUT2D eigenvalue weighted by Gasteiger charge is 2.21. The average molecular weight is 390 g/mol. The van der Waals surface area contributed by atoms with E-state index in [-0.39, 0.29) is 16.1 Å². The summed E-state index contributed by atoms with van der Waals surface area (Å²) in [6.07, 6.45) is 1.12. The van der Waals surface area contributed by atoms with Gasteiger partial charge in [0.1, 0.15) is 0 Å². The molecule has 0 saturated heterocycles. The topological polar surface area (TPSA) is 131 Å². The lowest BCUT2D eigenvalue weighted by Gasteiger charge is -2.12.